The van der Waals surface area contributed by atoms with Crippen LogP contribution >= 0.6 is 11.6 Å². The second kappa shape index (κ2) is 8.11. The molecule has 0 aliphatic carbocycles. The van der Waals surface area contributed by atoms with Crippen LogP contribution in [0, 0.1) is 6.92 Å². The van der Waals surface area contributed by atoms with Crippen LogP contribution in [0.1, 0.15) is 45.5 Å². The number of hydrogen-bond donors (Lipinski definition) is 1. The van der Waals surface area contributed by atoms with Gasteiger partial charge in [-0.1, -0.05) is 29.8 Å². The molecule has 0 aromatic heterocycles. The summed E-state index contributed by atoms with van der Waals surface area (Å²) in [5.41, 5.74) is 1.32. The van der Waals surface area contributed by atoms with Gasteiger partial charge in [-0.25, -0.2) is 0 Å². The van der Waals surface area contributed by atoms with Gasteiger partial charge in [-0.15, -0.1) is 0 Å². The monoisotopic (exact) mass is 426 g/mol. The van der Waals surface area contributed by atoms with E-state index in [1.165, 1.54) is 0 Å². The normalized spacial score (nSPS) is 17.3. The first kappa shape index (κ1) is 20.4. The number of piperidine rings is 1. The molecule has 0 radical (unpaired) electrons. The minimum absolute atomic E-state index is 0.0213. The van der Waals surface area contributed by atoms with Crippen molar-refractivity contribution in [3.05, 3.63) is 64.2 Å². The van der Waals surface area contributed by atoms with Crippen LogP contribution in [0.4, 0.5) is 0 Å². The summed E-state index contributed by atoms with van der Waals surface area (Å²) in [6.45, 7) is 2.79. The average Bonchev–Trinajstić information content (AvgIpc) is 2.74. The van der Waals surface area contributed by atoms with Gasteiger partial charge < -0.3 is 15.0 Å². The number of rotatable bonds is 3. The number of likely N-dealkylation sites (tertiary alicyclic amines) is 1. The molecule has 2 aliphatic heterocycles. The molecule has 2 amide bonds. The zero-order chi connectivity index (χ0) is 21.3. The van der Waals surface area contributed by atoms with Crippen LogP contribution in [0.5, 0.6) is 5.75 Å². The highest BCUT2D eigenvalue weighted by molar-refractivity contribution is 6.31. The fourth-order valence-electron chi connectivity index (χ4n) is 4.02. The molecule has 0 saturated carbocycles. The van der Waals surface area contributed by atoms with Gasteiger partial charge in [0.2, 0.25) is 5.91 Å². The predicted octanol–water partition coefficient (Wildman–Crippen LogP) is 3.40. The fraction of sp³-hybridized carbons (Fsp3) is 0.348. The first-order valence-corrected chi connectivity index (χ1v) is 10.4. The molecule has 0 atom stereocenters. The quantitative estimate of drug-likeness (QED) is 0.816. The van der Waals surface area contributed by atoms with Crippen LogP contribution < -0.4 is 10.1 Å². The number of ether oxygens (including phenoxy) is 1. The Kier molecular flexibility index (Phi) is 5.52. The maximum absolute atomic E-state index is 12.7. The number of carbonyl (C=O) groups is 3. The summed E-state index contributed by atoms with van der Waals surface area (Å²) in [5, 5.41) is 3.23. The minimum atomic E-state index is -0.589. The number of benzene rings is 2. The molecule has 2 heterocycles. The van der Waals surface area contributed by atoms with Crippen molar-refractivity contribution in [1.29, 1.82) is 0 Å². The first-order chi connectivity index (χ1) is 14.4. The van der Waals surface area contributed by atoms with Crippen LogP contribution in [-0.4, -0.2) is 47.7 Å². The van der Waals surface area contributed by atoms with Crippen LogP contribution in [0.15, 0.2) is 42.5 Å². The van der Waals surface area contributed by atoms with E-state index in [0.29, 0.717) is 47.8 Å². The Hall–Kier alpha value is -2.86. The number of amides is 2. The van der Waals surface area contributed by atoms with Gasteiger partial charge in [0.25, 0.3) is 5.91 Å². The summed E-state index contributed by atoms with van der Waals surface area (Å²) in [5.74, 6) is 0.180. The molecule has 2 aromatic rings. The highest BCUT2D eigenvalue weighted by Gasteiger charge is 2.43. The molecule has 2 aliphatic rings. The van der Waals surface area contributed by atoms with E-state index in [-0.39, 0.29) is 30.6 Å². The van der Waals surface area contributed by atoms with E-state index in [0.717, 1.165) is 5.56 Å². The Morgan fingerprint density at radius 3 is 2.57 bits per heavy atom. The number of nitrogens with zero attached hydrogens (tertiary/aromatic N) is 1. The number of halogens is 1. The second-order valence-electron chi connectivity index (χ2n) is 7.91. The third kappa shape index (κ3) is 4.05. The van der Waals surface area contributed by atoms with Gasteiger partial charge in [0, 0.05) is 36.5 Å². The average molecular weight is 427 g/mol. The van der Waals surface area contributed by atoms with E-state index in [1.54, 1.807) is 35.2 Å². The lowest BCUT2D eigenvalue weighted by Crippen LogP contribution is -2.53. The number of ketones is 1. The van der Waals surface area contributed by atoms with Crippen molar-refractivity contribution in [2.45, 2.75) is 31.8 Å². The number of hydrogen-bond acceptors (Lipinski definition) is 4. The molecule has 1 saturated heterocycles. The van der Waals surface area contributed by atoms with Crippen LogP contribution in [0.3, 0.4) is 0 Å². The topological polar surface area (TPSA) is 75.7 Å². The Morgan fingerprint density at radius 1 is 1.17 bits per heavy atom. The van der Waals surface area contributed by atoms with E-state index < -0.39 is 5.60 Å². The van der Waals surface area contributed by atoms with Crippen LogP contribution in [0.2, 0.25) is 5.02 Å². The Labute approximate surface area is 180 Å². The molecule has 1 N–H and O–H groups in total. The van der Waals surface area contributed by atoms with Crippen molar-refractivity contribution in [2.24, 2.45) is 0 Å². The third-order valence-corrected chi connectivity index (χ3v) is 6.24. The van der Waals surface area contributed by atoms with Crippen LogP contribution in [-0.2, 0) is 4.79 Å². The molecule has 0 unspecified atom stereocenters. The van der Waals surface area contributed by atoms with E-state index >= 15 is 0 Å². The zero-order valence-electron chi connectivity index (χ0n) is 16.7. The number of nitrogens with one attached hydrogen (secondary N) is 1. The number of fused-ring (bicyclic) bond motifs is 1. The molecule has 1 spiro atoms. The van der Waals surface area contributed by atoms with E-state index in [4.69, 9.17) is 16.3 Å². The summed E-state index contributed by atoms with van der Waals surface area (Å²) in [4.78, 5) is 39.1. The van der Waals surface area contributed by atoms with Crippen molar-refractivity contribution >= 4 is 29.2 Å². The third-order valence-electron chi connectivity index (χ3n) is 5.83. The molecule has 156 valence electrons. The molecular weight excluding hydrogens is 404 g/mol. The lowest BCUT2D eigenvalue weighted by atomic mass is 9.82. The van der Waals surface area contributed by atoms with Crippen molar-refractivity contribution in [1.82, 2.24) is 10.2 Å². The molecule has 4 rings (SSSR count). The Balaban J connectivity index is 1.35. The van der Waals surface area contributed by atoms with Crippen molar-refractivity contribution < 1.29 is 19.1 Å². The highest BCUT2D eigenvalue weighted by atomic mass is 35.5. The largest absolute Gasteiger partial charge is 0.486 e. The van der Waals surface area contributed by atoms with Crippen molar-refractivity contribution in [3.63, 3.8) is 0 Å². The maximum Gasteiger partial charge on any atom is 0.251 e. The summed E-state index contributed by atoms with van der Waals surface area (Å²) >= 11 is 6.15. The fourth-order valence-corrected chi connectivity index (χ4v) is 4.18. The SMILES string of the molecule is Cc1cc2c(cc1Cl)C(=O)CC1(CCN(C(=O)CNC(=O)c3ccccc3)CC1)O2. The zero-order valence-corrected chi connectivity index (χ0v) is 17.5. The van der Waals surface area contributed by atoms with Crippen LogP contribution in [0.25, 0.3) is 0 Å². The van der Waals surface area contributed by atoms with Gasteiger partial charge >= 0.3 is 0 Å². The van der Waals surface area contributed by atoms with Gasteiger partial charge in [0.05, 0.1) is 18.5 Å². The Bertz CT molecular complexity index is 998. The van der Waals surface area contributed by atoms with Gasteiger partial charge in [-0.05, 0) is 36.8 Å². The first-order valence-electron chi connectivity index (χ1n) is 10.0. The van der Waals surface area contributed by atoms with Gasteiger partial charge in [0.1, 0.15) is 11.4 Å². The smallest absolute Gasteiger partial charge is 0.251 e. The minimum Gasteiger partial charge on any atom is -0.486 e. The molecule has 6 nitrogen and oxygen atoms in total. The van der Waals surface area contributed by atoms with E-state index in [1.807, 2.05) is 19.1 Å². The highest BCUT2D eigenvalue weighted by Crippen LogP contribution is 2.41. The summed E-state index contributed by atoms with van der Waals surface area (Å²) in [7, 11) is 0. The lowest BCUT2D eigenvalue weighted by molar-refractivity contribution is -0.133. The molecular formula is C23H23ClN2O4. The van der Waals surface area contributed by atoms with E-state index in [2.05, 4.69) is 5.32 Å². The number of aryl methyl sites for hydroxylation is 1. The maximum atomic E-state index is 12.7. The Morgan fingerprint density at radius 2 is 1.87 bits per heavy atom. The molecule has 30 heavy (non-hydrogen) atoms. The molecule has 7 heteroatoms. The van der Waals surface area contributed by atoms with E-state index in [9.17, 15) is 14.4 Å². The van der Waals surface area contributed by atoms with Crippen molar-refractivity contribution in [3.8, 4) is 5.75 Å². The number of Topliss-reactive ketones (excluding diaryl/α,β-unsaturated/α-hetero) is 1. The van der Waals surface area contributed by atoms with Gasteiger partial charge in [-0.3, -0.25) is 14.4 Å². The molecule has 0 bridgehead atoms. The molecule has 1 fully saturated rings. The lowest BCUT2D eigenvalue weighted by Gasteiger charge is -2.44. The summed E-state index contributed by atoms with van der Waals surface area (Å²) in [6, 6.07) is 12.3. The van der Waals surface area contributed by atoms with Crippen molar-refractivity contribution in [2.75, 3.05) is 19.6 Å². The summed E-state index contributed by atoms with van der Waals surface area (Å²) < 4.78 is 6.26. The molecule has 2 aromatic carbocycles. The second-order valence-corrected chi connectivity index (χ2v) is 8.32. The standard InChI is InChI=1S/C23H23ClN2O4/c1-15-11-20-17(12-18(15)24)19(27)13-23(30-20)7-9-26(10-8-23)21(28)14-25-22(29)16-5-3-2-4-6-16/h2-6,11-12H,7-10,13-14H2,1H3,(H,25,29). The van der Waals surface area contributed by atoms with Gasteiger partial charge in [-0.2, -0.15) is 0 Å². The summed E-state index contributed by atoms with van der Waals surface area (Å²) in [6.07, 6.45) is 1.42. The predicted molar refractivity (Wildman–Crippen MR) is 113 cm³/mol. The van der Waals surface area contributed by atoms with Gasteiger partial charge in [0.15, 0.2) is 5.78 Å². The number of carbonyl (C=O) groups excluding carboxylic acids is 3.